The molecule has 0 heterocycles. The molecule has 1 rings (SSSR count). The number of sulfonamides is 1. The Bertz CT molecular complexity index is 575. The van der Waals surface area contributed by atoms with Gasteiger partial charge in [-0.25, -0.2) is 8.42 Å². The largest absolute Gasteiger partial charge is 0.480 e. The molecule has 1 aromatic rings. The van der Waals surface area contributed by atoms with Crippen LogP contribution in [0.1, 0.15) is 6.42 Å². The zero-order chi connectivity index (χ0) is 14.6. The fourth-order valence-corrected chi connectivity index (χ4v) is 2.87. The Morgan fingerprint density at radius 1 is 1.32 bits per heavy atom. The highest BCUT2D eigenvalue weighted by atomic mass is 35.5. The van der Waals surface area contributed by atoms with Gasteiger partial charge in [-0.15, -0.1) is 0 Å². The number of carboxylic acid groups (broad SMARTS) is 1. The standard InChI is InChI=1S/C10H11Cl2NO5S/c11-7-2-1-6(5-8(7)12)19(17,18)13-9(3-4-14)10(15)16/h1-2,5,9,13-14H,3-4H2,(H,15,16)/t9-/m0/s1. The highest BCUT2D eigenvalue weighted by Gasteiger charge is 2.25. The number of hydrogen-bond acceptors (Lipinski definition) is 4. The highest BCUT2D eigenvalue weighted by Crippen LogP contribution is 2.24. The van der Waals surface area contributed by atoms with Crippen molar-refractivity contribution in [1.82, 2.24) is 4.72 Å². The first-order valence-corrected chi connectivity index (χ1v) is 7.33. The van der Waals surface area contributed by atoms with Gasteiger partial charge in [0.15, 0.2) is 0 Å². The highest BCUT2D eigenvalue weighted by molar-refractivity contribution is 7.89. The summed E-state index contributed by atoms with van der Waals surface area (Å²) in [5, 5.41) is 17.8. The number of carbonyl (C=O) groups is 1. The first-order chi connectivity index (χ1) is 8.77. The first kappa shape index (κ1) is 16.2. The number of halogens is 2. The minimum Gasteiger partial charge on any atom is -0.480 e. The second-order valence-corrected chi connectivity index (χ2v) is 6.13. The average Bonchev–Trinajstić information content (AvgIpc) is 2.31. The molecule has 9 heteroatoms. The molecule has 0 bridgehead atoms. The van der Waals surface area contributed by atoms with E-state index in [1.807, 2.05) is 4.72 Å². The molecule has 0 aliphatic carbocycles. The van der Waals surface area contributed by atoms with E-state index in [0.717, 1.165) is 6.07 Å². The lowest BCUT2D eigenvalue weighted by atomic mass is 10.2. The Morgan fingerprint density at radius 3 is 2.42 bits per heavy atom. The van der Waals surface area contributed by atoms with E-state index in [0.29, 0.717) is 0 Å². The van der Waals surface area contributed by atoms with Crippen molar-refractivity contribution < 1.29 is 23.4 Å². The summed E-state index contributed by atoms with van der Waals surface area (Å²) in [6.07, 6.45) is -0.240. The number of benzene rings is 1. The van der Waals surface area contributed by atoms with E-state index in [2.05, 4.69) is 0 Å². The van der Waals surface area contributed by atoms with Crippen molar-refractivity contribution in [1.29, 1.82) is 0 Å². The lowest BCUT2D eigenvalue weighted by Crippen LogP contribution is -2.41. The average molecular weight is 328 g/mol. The lowest BCUT2D eigenvalue weighted by molar-refractivity contribution is -0.139. The molecule has 0 radical (unpaired) electrons. The number of aliphatic carboxylic acids is 1. The van der Waals surface area contributed by atoms with Gasteiger partial charge in [0.05, 0.1) is 14.9 Å². The van der Waals surface area contributed by atoms with Crippen LogP contribution < -0.4 is 4.72 Å². The predicted octanol–water partition coefficient (Wildman–Crippen LogP) is 1.11. The van der Waals surface area contributed by atoms with Gasteiger partial charge >= 0.3 is 5.97 Å². The summed E-state index contributed by atoms with van der Waals surface area (Å²) >= 11 is 11.4. The van der Waals surface area contributed by atoms with Gasteiger partial charge in [0.2, 0.25) is 10.0 Å². The van der Waals surface area contributed by atoms with E-state index in [1.54, 1.807) is 0 Å². The molecule has 0 aliphatic rings. The van der Waals surface area contributed by atoms with E-state index in [1.165, 1.54) is 12.1 Å². The van der Waals surface area contributed by atoms with Crippen LogP contribution in [0.25, 0.3) is 0 Å². The van der Waals surface area contributed by atoms with Gasteiger partial charge < -0.3 is 10.2 Å². The summed E-state index contributed by atoms with van der Waals surface area (Å²) in [4.78, 5) is 10.6. The fourth-order valence-electron chi connectivity index (χ4n) is 1.26. The van der Waals surface area contributed by atoms with Crippen LogP contribution in [-0.4, -0.2) is 37.2 Å². The van der Waals surface area contributed by atoms with Crippen molar-refractivity contribution in [3.05, 3.63) is 28.2 Å². The van der Waals surface area contributed by atoms with Gasteiger partial charge in [-0.1, -0.05) is 23.2 Å². The number of aliphatic hydroxyl groups is 1. The van der Waals surface area contributed by atoms with E-state index in [-0.39, 0.29) is 21.4 Å². The Labute approximate surface area is 120 Å². The molecular formula is C10H11Cl2NO5S. The third kappa shape index (κ3) is 4.32. The Hall–Kier alpha value is -0.860. The molecule has 106 valence electrons. The molecule has 19 heavy (non-hydrogen) atoms. The zero-order valence-electron chi connectivity index (χ0n) is 9.51. The minimum atomic E-state index is -4.05. The predicted molar refractivity (Wildman–Crippen MR) is 69.9 cm³/mol. The second kappa shape index (κ2) is 6.53. The van der Waals surface area contributed by atoms with E-state index in [4.69, 9.17) is 33.4 Å². The normalized spacial score (nSPS) is 13.2. The third-order valence-electron chi connectivity index (χ3n) is 2.21. The zero-order valence-corrected chi connectivity index (χ0v) is 11.8. The maximum atomic E-state index is 11.9. The van der Waals surface area contributed by atoms with Crippen LogP contribution in [0, 0.1) is 0 Å². The van der Waals surface area contributed by atoms with Crippen molar-refractivity contribution in [3.63, 3.8) is 0 Å². The number of nitrogens with one attached hydrogen (secondary N) is 1. The van der Waals surface area contributed by atoms with Crippen LogP contribution in [0.4, 0.5) is 0 Å². The molecule has 1 atom stereocenters. The van der Waals surface area contributed by atoms with Gasteiger partial charge in [-0.3, -0.25) is 4.79 Å². The molecule has 6 nitrogen and oxygen atoms in total. The molecule has 0 spiro atoms. The summed E-state index contributed by atoms with van der Waals surface area (Å²) in [5.41, 5.74) is 0. The third-order valence-corrected chi connectivity index (χ3v) is 4.42. The molecule has 0 saturated heterocycles. The summed E-state index contributed by atoms with van der Waals surface area (Å²) in [7, 11) is -4.05. The lowest BCUT2D eigenvalue weighted by Gasteiger charge is -2.13. The van der Waals surface area contributed by atoms with Crippen molar-refractivity contribution >= 4 is 39.2 Å². The maximum Gasteiger partial charge on any atom is 0.321 e. The molecule has 0 aliphatic heterocycles. The van der Waals surface area contributed by atoms with Crippen LogP contribution >= 0.6 is 23.2 Å². The van der Waals surface area contributed by atoms with Crippen LogP contribution in [0.2, 0.25) is 10.0 Å². The summed E-state index contributed by atoms with van der Waals surface area (Å²) in [6.45, 7) is -0.457. The van der Waals surface area contributed by atoms with Crippen molar-refractivity contribution in [2.45, 2.75) is 17.4 Å². The summed E-state index contributed by atoms with van der Waals surface area (Å²) < 4.78 is 25.8. The Balaban J connectivity index is 3.03. The molecule has 0 fully saturated rings. The topological polar surface area (TPSA) is 104 Å². The Kier molecular flexibility index (Phi) is 5.57. The van der Waals surface area contributed by atoms with Crippen LogP contribution in [-0.2, 0) is 14.8 Å². The maximum absolute atomic E-state index is 11.9. The van der Waals surface area contributed by atoms with Crippen LogP contribution in [0.15, 0.2) is 23.1 Å². The fraction of sp³-hybridized carbons (Fsp3) is 0.300. The molecule has 0 aromatic heterocycles. The number of hydrogen-bond donors (Lipinski definition) is 3. The van der Waals surface area contributed by atoms with Gasteiger partial charge in [0.25, 0.3) is 0 Å². The smallest absolute Gasteiger partial charge is 0.321 e. The monoisotopic (exact) mass is 327 g/mol. The van der Waals surface area contributed by atoms with Crippen molar-refractivity contribution in [2.24, 2.45) is 0 Å². The molecular weight excluding hydrogens is 317 g/mol. The van der Waals surface area contributed by atoms with Crippen molar-refractivity contribution in [2.75, 3.05) is 6.61 Å². The summed E-state index contributed by atoms with van der Waals surface area (Å²) in [5.74, 6) is -1.38. The Morgan fingerprint density at radius 2 is 1.95 bits per heavy atom. The van der Waals surface area contributed by atoms with Crippen LogP contribution in [0.3, 0.4) is 0 Å². The molecule has 0 unspecified atom stereocenters. The number of rotatable bonds is 6. The SMILES string of the molecule is O=C(O)[C@H](CCO)NS(=O)(=O)c1ccc(Cl)c(Cl)c1. The van der Waals surface area contributed by atoms with Gasteiger partial charge in [0, 0.05) is 6.61 Å². The van der Waals surface area contributed by atoms with Crippen molar-refractivity contribution in [3.8, 4) is 0 Å². The number of carboxylic acids is 1. The first-order valence-electron chi connectivity index (χ1n) is 5.09. The number of aliphatic hydroxyl groups excluding tert-OH is 1. The van der Waals surface area contributed by atoms with E-state index in [9.17, 15) is 13.2 Å². The molecule has 3 N–H and O–H groups in total. The molecule has 1 aromatic carbocycles. The van der Waals surface area contributed by atoms with Gasteiger partial charge in [-0.2, -0.15) is 4.72 Å². The van der Waals surface area contributed by atoms with Gasteiger partial charge in [-0.05, 0) is 24.6 Å². The summed E-state index contributed by atoms with van der Waals surface area (Å²) in [6, 6.07) is 2.20. The van der Waals surface area contributed by atoms with Gasteiger partial charge in [0.1, 0.15) is 6.04 Å². The molecule has 0 amide bonds. The quantitative estimate of drug-likeness (QED) is 0.726. The van der Waals surface area contributed by atoms with Crippen LogP contribution in [0.5, 0.6) is 0 Å². The molecule has 0 saturated carbocycles. The van der Waals surface area contributed by atoms with E-state index >= 15 is 0 Å². The van der Waals surface area contributed by atoms with E-state index < -0.39 is 28.6 Å². The minimum absolute atomic E-state index is 0.0403. The second-order valence-electron chi connectivity index (χ2n) is 3.60.